The lowest BCUT2D eigenvalue weighted by Gasteiger charge is -2.14. The van der Waals surface area contributed by atoms with E-state index in [2.05, 4.69) is 66.7 Å². The van der Waals surface area contributed by atoms with Crippen LogP contribution in [0.3, 0.4) is 0 Å². The van der Waals surface area contributed by atoms with E-state index in [9.17, 15) is 5.26 Å². The zero-order valence-corrected chi connectivity index (χ0v) is 21.4. The molecule has 0 aliphatic carbocycles. The predicted octanol–water partition coefficient (Wildman–Crippen LogP) is 10.4. The number of hydrogen-bond acceptors (Lipinski definition) is 3. The third-order valence-corrected chi connectivity index (χ3v) is 7.74. The highest BCUT2D eigenvalue weighted by Crippen LogP contribution is 2.42. The van der Waals surface area contributed by atoms with Crippen LogP contribution in [0, 0.1) is 11.3 Å². The van der Waals surface area contributed by atoms with Crippen LogP contribution in [0.5, 0.6) is 0 Å². The van der Waals surface area contributed by atoms with Crippen molar-refractivity contribution in [3.63, 3.8) is 0 Å². The van der Waals surface area contributed by atoms with Crippen molar-refractivity contribution in [1.82, 2.24) is 0 Å². The Labute approximate surface area is 230 Å². The summed E-state index contributed by atoms with van der Waals surface area (Å²) in [5, 5.41) is 14.8. The molecule has 8 rings (SSSR count). The number of nitriles is 1. The average molecular weight is 512 g/mol. The number of hydrogen-bond donors (Lipinski definition) is 0. The van der Waals surface area contributed by atoms with Crippen LogP contribution < -0.4 is 0 Å². The van der Waals surface area contributed by atoms with Gasteiger partial charge in [-0.05, 0) is 53.1 Å². The maximum Gasteiger partial charge on any atom is 0.143 e. The minimum absolute atomic E-state index is 0.638. The molecule has 0 spiro atoms. The average Bonchev–Trinajstić information content (AvgIpc) is 3.59. The summed E-state index contributed by atoms with van der Waals surface area (Å²) < 4.78 is 12.5. The molecule has 2 aromatic heterocycles. The molecular weight excluding hydrogens is 490 g/mol. The van der Waals surface area contributed by atoms with Crippen LogP contribution in [0.4, 0.5) is 0 Å². The number of benzene rings is 6. The van der Waals surface area contributed by atoms with Gasteiger partial charge in [0.15, 0.2) is 0 Å². The molecule has 0 fully saturated rings. The first-order valence-electron chi connectivity index (χ1n) is 13.2. The molecule has 0 saturated carbocycles. The van der Waals surface area contributed by atoms with Gasteiger partial charge in [-0.25, -0.2) is 0 Å². The molecule has 0 radical (unpaired) electrons. The van der Waals surface area contributed by atoms with Gasteiger partial charge in [0, 0.05) is 38.2 Å². The molecule has 186 valence electrons. The first-order chi connectivity index (χ1) is 19.8. The molecule has 8 aromatic rings. The molecule has 0 atom stereocenters. The van der Waals surface area contributed by atoms with E-state index >= 15 is 0 Å². The molecule has 0 aliphatic heterocycles. The van der Waals surface area contributed by atoms with E-state index < -0.39 is 0 Å². The van der Waals surface area contributed by atoms with E-state index in [1.165, 1.54) is 0 Å². The van der Waals surface area contributed by atoms with Crippen LogP contribution in [-0.2, 0) is 0 Å². The van der Waals surface area contributed by atoms with Gasteiger partial charge in [-0.2, -0.15) is 5.26 Å². The van der Waals surface area contributed by atoms with Crippen molar-refractivity contribution in [1.29, 1.82) is 5.26 Å². The summed E-state index contributed by atoms with van der Waals surface area (Å²) in [6, 6.07) is 45.5. The lowest BCUT2D eigenvalue weighted by molar-refractivity contribution is 0.669. The Hall–Kier alpha value is -5.59. The number of furan rings is 2. The van der Waals surface area contributed by atoms with E-state index in [0.717, 1.165) is 77.3 Å². The van der Waals surface area contributed by atoms with Crippen LogP contribution in [0.15, 0.2) is 136 Å². The number of fused-ring (bicyclic) bond motifs is 6. The lowest BCUT2D eigenvalue weighted by Crippen LogP contribution is -1.93. The van der Waals surface area contributed by atoms with Gasteiger partial charge in [-0.3, -0.25) is 0 Å². The SMILES string of the molecule is N#Cc1c(-c2ccccc2)cc(-c2cccc3c2oc2ccccc23)cc1-c1ccc2oc3ccccc3c2c1. The number of para-hydroxylation sites is 3. The summed E-state index contributed by atoms with van der Waals surface area (Å²) in [5.41, 5.74) is 9.73. The zero-order valence-electron chi connectivity index (χ0n) is 21.4. The highest BCUT2D eigenvalue weighted by atomic mass is 16.3. The maximum atomic E-state index is 10.5. The molecule has 0 aliphatic rings. The van der Waals surface area contributed by atoms with Crippen LogP contribution in [0.2, 0.25) is 0 Å². The number of nitrogens with zero attached hydrogens (tertiary/aromatic N) is 1. The Bertz CT molecular complexity index is 2280. The Morgan fingerprint density at radius 1 is 0.425 bits per heavy atom. The van der Waals surface area contributed by atoms with Crippen molar-refractivity contribution in [3.8, 4) is 39.4 Å². The highest BCUT2D eigenvalue weighted by Gasteiger charge is 2.19. The van der Waals surface area contributed by atoms with Gasteiger partial charge in [0.2, 0.25) is 0 Å². The molecular formula is C37H21NO2. The van der Waals surface area contributed by atoms with Crippen LogP contribution in [0.25, 0.3) is 77.3 Å². The van der Waals surface area contributed by atoms with Gasteiger partial charge in [-0.1, -0.05) is 91.0 Å². The summed E-state index contributed by atoms with van der Waals surface area (Å²) in [6.07, 6.45) is 0. The third-order valence-electron chi connectivity index (χ3n) is 7.74. The monoisotopic (exact) mass is 511 g/mol. The molecule has 6 aromatic carbocycles. The van der Waals surface area contributed by atoms with Crippen LogP contribution >= 0.6 is 0 Å². The fourth-order valence-corrected chi connectivity index (χ4v) is 5.86. The Kier molecular flexibility index (Phi) is 4.89. The van der Waals surface area contributed by atoms with Crippen molar-refractivity contribution in [2.75, 3.05) is 0 Å². The molecule has 0 amide bonds. The molecule has 0 N–H and O–H groups in total. The largest absolute Gasteiger partial charge is 0.456 e. The van der Waals surface area contributed by atoms with Gasteiger partial charge in [0.05, 0.1) is 5.56 Å². The summed E-state index contributed by atoms with van der Waals surface area (Å²) in [5.74, 6) is 0. The minimum atomic E-state index is 0.638. The molecule has 2 heterocycles. The Balaban J connectivity index is 1.44. The van der Waals surface area contributed by atoms with Gasteiger partial charge in [0.1, 0.15) is 28.4 Å². The molecule has 0 unspecified atom stereocenters. The van der Waals surface area contributed by atoms with E-state index in [1.807, 2.05) is 66.7 Å². The van der Waals surface area contributed by atoms with Gasteiger partial charge >= 0.3 is 0 Å². The lowest BCUT2D eigenvalue weighted by atomic mass is 9.87. The van der Waals surface area contributed by atoms with E-state index in [4.69, 9.17) is 8.83 Å². The summed E-state index contributed by atoms with van der Waals surface area (Å²) in [7, 11) is 0. The van der Waals surface area contributed by atoms with Crippen molar-refractivity contribution in [3.05, 3.63) is 133 Å². The highest BCUT2D eigenvalue weighted by molar-refractivity contribution is 6.10. The van der Waals surface area contributed by atoms with Gasteiger partial charge < -0.3 is 8.83 Å². The van der Waals surface area contributed by atoms with Gasteiger partial charge in [-0.15, -0.1) is 0 Å². The van der Waals surface area contributed by atoms with Crippen molar-refractivity contribution >= 4 is 43.9 Å². The topological polar surface area (TPSA) is 50.1 Å². The second kappa shape index (κ2) is 8.73. The maximum absolute atomic E-state index is 10.5. The normalized spacial score (nSPS) is 11.5. The van der Waals surface area contributed by atoms with Crippen molar-refractivity contribution < 1.29 is 8.83 Å². The van der Waals surface area contributed by atoms with E-state index in [1.54, 1.807) is 0 Å². The standard InChI is InChI=1S/C37H21NO2/c38-22-33-30(23-9-2-1-3-10-23)20-25(26-13-8-14-29-27-11-4-7-16-35(27)40-37(26)29)21-31(33)24-17-18-36-32(19-24)28-12-5-6-15-34(28)39-36/h1-21H. The van der Waals surface area contributed by atoms with E-state index in [0.29, 0.717) is 5.56 Å². The quantitative estimate of drug-likeness (QED) is 0.237. The summed E-state index contributed by atoms with van der Waals surface area (Å²) in [4.78, 5) is 0. The van der Waals surface area contributed by atoms with E-state index in [-0.39, 0.29) is 0 Å². The minimum Gasteiger partial charge on any atom is -0.456 e. The van der Waals surface area contributed by atoms with Crippen molar-refractivity contribution in [2.45, 2.75) is 0 Å². The third kappa shape index (κ3) is 3.37. The fourth-order valence-electron chi connectivity index (χ4n) is 5.86. The first-order valence-corrected chi connectivity index (χ1v) is 13.2. The zero-order chi connectivity index (χ0) is 26.6. The molecule has 40 heavy (non-hydrogen) atoms. The molecule has 3 nitrogen and oxygen atoms in total. The molecule has 0 bridgehead atoms. The molecule has 0 saturated heterocycles. The van der Waals surface area contributed by atoms with Crippen molar-refractivity contribution in [2.24, 2.45) is 0 Å². The summed E-state index contributed by atoms with van der Waals surface area (Å²) >= 11 is 0. The second-order valence-electron chi connectivity index (χ2n) is 10.0. The number of rotatable bonds is 3. The first kappa shape index (κ1) is 22.4. The van der Waals surface area contributed by atoms with Crippen LogP contribution in [-0.4, -0.2) is 0 Å². The smallest absolute Gasteiger partial charge is 0.143 e. The molecule has 3 heteroatoms. The summed E-state index contributed by atoms with van der Waals surface area (Å²) in [6.45, 7) is 0. The Morgan fingerprint density at radius 3 is 1.82 bits per heavy atom. The van der Waals surface area contributed by atoms with Crippen LogP contribution in [0.1, 0.15) is 5.56 Å². The predicted molar refractivity (Wildman–Crippen MR) is 162 cm³/mol. The fraction of sp³-hybridized carbons (Fsp3) is 0. The Morgan fingerprint density at radius 2 is 1.05 bits per heavy atom. The second-order valence-corrected chi connectivity index (χ2v) is 10.0. The van der Waals surface area contributed by atoms with Gasteiger partial charge in [0.25, 0.3) is 0 Å².